The molecule has 7 nitrogen and oxygen atoms in total. The average molecular weight is 518 g/mol. The third-order valence-corrected chi connectivity index (χ3v) is 8.29. The minimum atomic E-state index is 0.0779. The number of methoxy groups -OCH3 is 2. The number of hydrogen-bond donors (Lipinski definition) is 1. The lowest BCUT2D eigenvalue weighted by Gasteiger charge is -2.32. The summed E-state index contributed by atoms with van der Waals surface area (Å²) in [5.74, 6) is 2.82. The molecule has 1 aliphatic rings. The third kappa shape index (κ3) is 5.56. The van der Waals surface area contributed by atoms with Crippen LogP contribution in [0.15, 0.2) is 48.5 Å². The molecule has 5 rings (SSSR count). The quantitative estimate of drug-likeness (QED) is 0.326. The molecule has 4 aromatic rings. The van der Waals surface area contributed by atoms with Crippen LogP contribution in [-0.2, 0) is 6.54 Å². The zero-order valence-corrected chi connectivity index (χ0v) is 23.1. The van der Waals surface area contributed by atoms with Crippen LogP contribution >= 0.6 is 11.3 Å². The molecule has 1 saturated heterocycles. The van der Waals surface area contributed by atoms with Gasteiger partial charge in [0, 0.05) is 53.9 Å². The van der Waals surface area contributed by atoms with Crippen molar-refractivity contribution in [3.63, 3.8) is 0 Å². The first-order valence-corrected chi connectivity index (χ1v) is 13.5. The molecule has 1 aliphatic heterocycles. The SMILES string of the molecule is COc1cc2nc(C)nc(NC(C)c3ccc(-c4ccccc4CN4CCN(C)CC4)s3)c2cc1OC. The highest BCUT2D eigenvalue weighted by Gasteiger charge is 2.18. The molecule has 2 aromatic carbocycles. The van der Waals surface area contributed by atoms with Crippen molar-refractivity contribution in [1.82, 2.24) is 19.8 Å². The van der Waals surface area contributed by atoms with E-state index >= 15 is 0 Å². The Morgan fingerprint density at radius 3 is 2.46 bits per heavy atom. The maximum absolute atomic E-state index is 5.53. The lowest BCUT2D eigenvalue weighted by molar-refractivity contribution is 0.148. The molecule has 8 heteroatoms. The van der Waals surface area contributed by atoms with E-state index in [4.69, 9.17) is 14.5 Å². The van der Waals surface area contributed by atoms with Gasteiger partial charge in [-0.2, -0.15) is 0 Å². The number of ether oxygens (including phenoxy) is 2. The van der Waals surface area contributed by atoms with Crippen molar-refractivity contribution < 1.29 is 9.47 Å². The lowest BCUT2D eigenvalue weighted by Crippen LogP contribution is -2.43. The van der Waals surface area contributed by atoms with Crippen LogP contribution in [-0.4, -0.2) is 67.2 Å². The molecule has 2 aromatic heterocycles. The Hall–Kier alpha value is -3.20. The van der Waals surface area contributed by atoms with E-state index in [2.05, 4.69) is 70.5 Å². The molecule has 0 aliphatic carbocycles. The van der Waals surface area contributed by atoms with Crippen molar-refractivity contribution in [3.8, 4) is 21.9 Å². The number of anilines is 1. The van der Waals surface area contributed by atoms with E-state index in [-0.39, 0.29) is 6.04 Å². The number of hydrogen-bond acceptors (Lipinski definition) is 8. The summed E-state index contributed by atoms with van der Waals surface area (Å²) in [5.41, 5.74) is 3.54. The molecule has 37 heavy (non-hydrogen) atoms. The van der Waals surface area contributed by atoms with E-state index in [9.17, 15) is 0 Å². The van der Waals surface area contributed by atoms with Crippen molar-refractivity contribution in [2.75, 3.05) is 52.8 Å². The van der Waals surface area contributed by atoms with E-state index in [1.54, 1.807) is 14.2 Å². The predicted octanol–water partition coefficient (Wildman–Crippen LogP) is 5.60. The zero-order chi connectivity index (χ0) is 25.9. The zero-order valence-electron chi connectivity index (χ0n) is 22.2. The van der Waals surface area contributed by atoms with E-state index in [1.165, 1.54) is 20.9 Å². The first-order chi connectivity index (χ1) is 17.9. The van der Waals surface area contributed by atoms with Gasteiger partial charge in [0.15, 0.2) is 11.5 Å². The Bertz CT molecular complexity index is 1380. The van der Waals surface area contributed by atoms with Gasteiger partial charge in [-0.15, -0.1) is 11.3 Å². The van der Waals surface area contributed by atoms with Gasteiger partial charge in [-0.05, 0) is 50.2 Å². The fourth-order valence-corrected chi connectivity index (χ4v) is 5.90. The Morgan fingerprint density at radius 2 is 1.70 bits per heavy atom. The highest BCUT2D eigenvalue weighted by molar-refractivity contribution is 7.15. The minimum absolute atomic E-state index is 0.0779. The number of thiophene rings is 1. The monoisotopic (exact) mass is 517 g/mol. The number of benzene rings is 2. The van der Waals surface area contributed by atoms with Crippen LogP contribution in [0, 0.1) is 6.92 Å². The molecule has 0 radical (unpaired) electrons. The van der Waals surface area contributed by atoms with Gasteiger partial charge in [-0.1, -0.05) is 24.3 Å². The summed E-state index contributed by atoms with van der Waals surface area (Å²) < 4.78 is 11.0. The van der Waals surface area contributed by atoms with Gasteiger partial charge in [-0.25, -0.2) is 9.97 Å². The summed E-state index contributed by atoms with van der Waals surface area (Å²) in [7, 11) is 5.48. The Kier molecular flexibility index (Phi) is 7.60. The van der Waals surface area contributed by atoms with Crippen LogP contribution in [0.3, 0.4) is 0 Å². The number of fused-ring (bicyclic) bond motifs is 1. The van der Waals surface area contributed by atoms with Crippen LogP contribution in [0.2, 0.25) is 0 Å². The van der Waals surface area contributed by atoms with E-state index in [1.807, 2.05) is 30.4 Å². The van der Waals surface area contributed by atoms with Gasteiger partial charge in [0.1, 0.15) is 11.6 Å². The van der Waals surface area contributed by atoms with Crippen LogP contribution < -0.4 is 14.8 Å². The van der Waals surface area contributed by atoms with Crippen molar-refractivity contribution in [2.24, 2.45) is 0 Å². The molecule has 1 unspecified atom stereocenters. The molecule has 194 valence electrons. The summed E-state index contributed by atoms with van der Waals surface area (Å²) in [6.45, 7) is 9.56. The molecule has 3 heterocycles. The van der Waals surface area contributed by atoms with Gasteiger partial charge in [0.25, 0.3) is 0 Å². The number of rotatable bonds is 8. The van der Waals surface area contributed by atoms with Crippen LogP contribution in [0.25, 0.3) is 21.3 Å². The summed E-state index contributed by atoms with van der Waals surface area (Å²) in [5, 5.41) is 4.54. The van der Waals surface area contributed by atoms with Gasteiger partial charge in [-0.3, -0.25) is 4.90 Å². The smallest absolute Gasteiger partial charge is 0.162 e. The maximum atomic E-state index is 5.53. The molecule has 0 amide bonds. The van der Waals surface area contributed by atoms with E-state index in [0.29, 0.717) is 17.3 Å². The summed E-state index contributed by atoms with van der Waals surface area (Å²) >= 11 is 1.84. The second kappa shape index (κ2) is 11.0. The number of likely N-dealkylation sites (N-methyl/N-ethyl adjacent to an activating group) is 1. The molecule has 1 fully saturated rings. The molecule has 0 bridgehead atoms. The van der Waals surface area contributed by atoms with E-state index < -0.39 is 0 Å². The fourth-order valence-electron chi connectivity index (χ4n) is 4.83. The molecular formula is C29H35N5O2S. The molecular weight excluding hydrogens is 482 g/mol. The van der Waals surface area contributed by atoms with Gasteiger partial charge < -0.3 is 19.7 Å². The Balaban J connectivity index is 1.39. The lowest BCUT2D eigenvalue weighted by atomic mass is 10.1. The maximum Gasteiger partial charge on any atom is 0.162 e. The van der Waals surface area contributed by atoms with Gasteiger partial charge in [0.05, 0.1) is 25.8 Å². The number of aryl methyl sites for hydroxylation is 1. The number of aromatic nitrogens is 2. The second-order valence-electron chi connectivity index (χ2n) is 9.65. The van der Waals surface area contributed by atoms with Crippen molar-refractivity contribution in [3.05, 3.63) is 64.8 Å². The van der Waals surface area contributed by atoms with Gasteiger partial charge in [0.2, 0.25) is 0 Å². The molecule has 1 atom stereocenters. The van der Waals surface area contributed by atoms with E-state index in [0.717, 1.165) is 49.4 Å². The largest absolute Gasteiger partial charge is 0.493 e. The van der Waals surface area contributed by atoms with Crippen molar-refractivity contribution >= 4 is 28.1 Å². The first kappa shape index (κ1) is 25.4. The van der Waals surface area contributed by atoms with Crippen LogP contribution in [0.5, 0.6) is 11.5 Å². The van der Waals surface area contributed by atoms with Gasteiger partial charge >= 0.3 is 0 Å². The van der Waals surface area contributed by atoms with Crippen LogP contribution in [0.4, 0.5) is 5.82 Å². The highest BCUT2D eigenvalue weighted by Crippen LogP contribution is 2.37. The average Bonchev–Trinajstić information content (AvgIpc) is 3.40. The topological polar surface area (TPSA) is 62.8 Å². The minimum Gasteiger partial charge on any atom is -0.493 e. The molecule has 0 spiro atoms. The Morgan fingerprint density at radius 1 is 0.973 bits per heavy atom. The molecule has 1 N–H and O–H groups in total. The number of nitrogens with zero attached hydrogens (tertiary/aromatic N) is 4. The Labute approximate surface area is 223 Å². The predicted molar refractivity (Wildman–Crippen MR) is 152 cm³/mol. The highest BCUT2D eigenvalue weighted by atomic mass is 32.1. The number of nitrogens with one attached hydrogen (secondary N) is 1. The third-order valence-electron chi connectivity index (χ3n) is 6.99. The molecule has 0 saturated carbocycles. The summed E-state index contributed by atoms with van der Waals surface area (Å²) in [6, 6.07) is 17.2. The van der Waals surface area contributed by atoms with Crippen molar-refractivity contribution in [1.29, 1.82) is 0 Å². The van der Waals surface area contributed by atoms with Crippen LogP contribution in [0.1, 0.15) is 29.2 Å². The van der Waals surface area contributed by atoms with Crippen molar-refractivity contribution in [2.45, 2.75) is 26.4 Å². The normalized spacial score (nSPS) is 15.6. The first-order valence-electron chi connectivity index (χ1n) is 12.7. The fraction of sp³-hybridized carbons (Fsp3) is 0.379. The number of piperazine rings is 1. The summed E-state index contributed by atoms with van der Waals surface area (Å²) in [4.78, 5) is 16.9. The standard InChI is InChI=1S/C29H35N5O2S/c1-19(30-29-23-16-25(35-4)26(36-5)17-24(23)31-20(2)32-29)27-10-11-28(37-27)22-9-7-6-8-21(22)18-34-14-12-33(3)13-15-34/h6-11,16-17,19H,12-15,18H2,1-5H3,(H,30,31,32). The second-order valence-corrected chi connectivity index (χ2v) is 10.8. The summed E-state index contributed by atoms with van der Waals surface area (Å²) in [6.07, 6.45) is 0.